The molecule has 32 heavy (non-hydrogen) atoms. The number of rotatable bonds is 11. The number of amidine groups is 1. The van der Waals surface area contributed by atoms with Crippen LogP contribution < -0.4 is 21.7 Å². The molecule has 0 bridgehead atoms. The van der Waals surface area contributed by atoms with Crippen molar-refractivity contribution in [2.45, 2.75) is 32.4 Å². The Labute approximate surface area is 194 Å². The maximum absolute atomic E-state index is 12.7. The molecule has 0 aliphatic carbocycles. The van der Waals surface area contributed by atoms with Crippen LogP contribution in [0, 0.1) is 11.3 Å². The molecule has 0 aliphatic rings. The molecule has 7 N–H and O–H groups in total. The number of amides is 2. The van der Waals surface area contributed by atoms with Gasteiger partial charge in [0, 0.05) is 36.1 Å². The number of nitrogen functional groups attached to an aromatic ring is 1. The second kappa shape index (κ2) is 13.3. The Kier molecular flexibility index (Phi) is 11.2. The van der Waals surface area contributed by atoms with Gasteiger partial charge in [0.2, 0.25) is 11.8 Å². The van der Waals surface area contributed by atoms with Crippen LogP contribution in [0.15, 0.2) is 48.7 Å². The molecule has 0 saturated heterocycles. The molecule has 0 spiro atoms. The minimum Gasteiger partial charge on any atom is -0.394 e. The summed E-state index contributed by atoms with van der Waals surface area (Å²) in [5, 5.41) is 25.7. The van der Waals surface area contributed by atoms with Crippen LogP contribution in [-0.2, 0) is 16.0 Å². The van der Waals surface area contributed by atoms with Crippen LogP contribution in [-0.4, -0.2) is 53.0 Å². The molecule has 0 fully saturated rings. The Morgan fingerprint density at radius 3 is 2.50 bits per heavy atom. The smallest absolute Gasteiger partial charge is 0.245 e. The molecule has 1 aromatic carbocycles. The Morgan fingerprint density at radius 2 is 1.91 bits per heavy atom. The third kappa shape index (κ3) is 8.16. The zero-order valence-electron chi connectivity index (χ0n) is 18.2. The van der Waals surface area contributed by atoms with E-state index in [0.717, 1.165) is 5.69 Å². The number of halogens is 1. The minimum absolute atomic E-state index is 0. The predicted molar refractivity (Wildman–Crippen MR) is 127 cm³/mol. The first-order valence-corrected chi connectivity index (χ1v) is 10.1. The van der Waals surface area contributed by atoms with Gasteiger partial charge in [0.1, 0.15) is 17.9 Å². The Hall–Kier alpha value is -3.17. The molecule has 1 heterocycles. The quantitative estimate of drug-likeness (QED) is 0.217. The van der Waals surface area contributed by atoms with Crippen LogP contribution in [0.5, 0.6) is 0 Å². The Bertz CT molecular complexity index is 894. The van der Waals surface area contributed by atoms with E-state index in [2.05, 4.69) is 20.9 Å². The van der Waals surface area contributed by atoms with Crippen molar-refractivity contribution in [3.05, 3.63) is 59.9 Å². The molecule has 0 saturated carbocycles. The fraction of sp³-hybridized carbons (Fsp3) is 0.364. The molecule has 174 valence electrons. The van der Waals surface area contributed by atoms with Crippen LogP contribution in [0.25, 0.3) is 0 Å². The third-order valence-electron chi connectivity index (χ3n) is 4.67. The fourth-order valence-corrected chi connectivity index (χ4v) is 2.93. The molecular formula is C22H31ClN6O3. The van der Waals surface area contributed by atoms with Gasteiger partial charge in [0.05, 0.1) is 6.61 Å². The summed E-state index contributed by atoms with van der Waals surface area (Å²) in [6.07, 6.45) is 2.28. The normalized spacial score (nSPS) is 12.2. The van der Waals surface area contributed by atoms with Gasteiger partial charge in [-0.05, 0) is 30.2 Å². The van der Waals surface area contributed by atoms with Gasteiger partial charge in [0.25, 0.3) is 0 Å². The lowest BCUT2D eigenvalue weighted by molar-refractivity contribution is -0.130. The standard InChI is InChI=1S/C22H30N6O3.ClH/c1-14(2)19(22(31)26-11-9-16-7-3-4-10-25-16)28-21(30)18(13-29)27-17-8-5-6-15(12-17)20(23)24;/h3-8,10,12,14,18-19,27,29H,9,11,13H2,1-2H3,(H3,23,24)(H,26,31)(H,28,30);1H. The van der Waals surface area contributed by atoms with Crippen LogP contribution in [0.4, 0.5) is 5.69 Å². The van der Waals surface area contributed by atoms with Crippen LogP contribution >= 0.6 is 12.4 Å². The van der Waals surface area contributed by atoms with E-state index >= 15 is 0 Å². The number of aliphatic hydroxyl groups is 1. The molecule has 0 aliphatic heterocycles. The number of nitrogens with one attached hydrogen (secondary N) is 4. The number of aliphatic hydroxyl groups excluding tert-OH is 1. The molecule has 0 radical (unpaired) electrons. The molecule has 2 amide bonds. The molecular weight excluding hydrogens is 432 g/mol. The van der Waals surface area contributed by atoms with Crippen molar-refractivity contribution in [2.75, 3.05) is 18.5 Å². The summed E-state index contributed by atoms with van der Waals surface area (Å²) in [7, 11) is 0. The summed E-state index contributed by atoms with van der Waals surface area (Å²) < 4.78 is 0. The van der Waals surface area contributed by atoms with Crippen molar-refractivity contribution in [2.24, 2.45) is 11.7 Å². The van der Waals surface area contributed by atoms with Crippen molar-refractivity contribution in [3.8, 4) is 0 Å². The number of benzene rings is 1. The lowest BCUT2D eigenvalue weighted by Crippen LogP contribution is -2.54. The first kappa shape index (κ1) is 26.9. The average Bonchev–Trinajstić information content (AvgIpc) is 2.76. The molecule has 1 aromatic heterocycles. The number of nitrogens with two attached hydrogens (primary N) is 1. The number of nitrogens with zero attached hydrogens (tertiary/aromatic N) is 1. The van der Waals surface area contributed by atoms with E-state index in [9.17, 15) is 14.7 Å². The van der Waals surface area contributed by atoms with E-state index in [4.69, 9.17) is 11.1 Å². The van der Waals surface area contributed by atoms with Gasteiger partial charge in [-0.15, -0.1) is 12.4 Å². The summed E-state index contributed by atoms with van der Waals surface area (Å²) in [5.74, 6) is -1.06. The second-order valence-electron chi connectivity index (χ2n) is 7.47. The fourth-order valence-electron chi connectivity index (χ4n) is 2.93. The molecule has 2 rings (SSSR count). The number of anilines is 1. The van der Waals surface area contributed by atoms with E-state index in [-0.39, 0.29) is 30.1 Å². The number of carbonyl (C=O) groups is 2. The maximum atomic E-state index is 12.7. The number of pyridine rings is 1. The van der Waals surface area contributed by atoms with Crippen molar-refractivity contribution in [1.29, 1.82) is 5.41 Å². The van der Waals surface area contributed by atoms with E-state index in [0.29, 0.717) is 24.2 Å². The topological polar surface area (TPSA) is 153 Å². The first-order valence-electron chi connectivity index (χ1n) is 10.1. The van der Waals surface area contributed by atoms with E-state index < -0.39 is 24.6 Å². The highest BCUT2D eigenvalue weighted by atomic mass is 35.5. The van der Waals surface area contributed by atoms with Gasteiger partial charge in [0.15, 0.2) is 0 Å². The molecule has 2 aromatic rings. The van der Waals surface area contributed by atoms with Crippen molar-refractivity contribution in [1.82, 2.24) is 15.6 Å². The number of hydrogen-bond acceptors (Lipinski definition) is 6. The van der Waals surface area contributed by atoms with Gasteiger partial charge < -0.3 is 26.8 Å². The zero-order valence-corrected chi connectivity index (χ0v) is 19.0. The highest BCUT2D eigenvalue weighted by Gasteiger charge is 2.27. The Balaban J connectivity index is 0.00000512. The van der Waals surface area contributed by atoms with Gasteiger partial charge >= 0.3 is 0 Å². The van der Waals surface area contributed by atoms with Crippen LogP contribution in [0.2, 0.25) is 0 Å². The number of carbonyl (C=O) groups excluding carboxylic acids is 2. The van der Waals surface area contributed by atoms with Crippen molar-refractivity contribution in [3.63, 3.8) is 0 Å². The van der Waals surface area contributed by atoms with Gasteiger partial charge in [-0.1, -0.05) is 32.0 Å². The summed E-state index contributed by atoms with van der Waals surface area (Å²) >= 11 is 0. The minimum atomic E-state index is -0.968. The average molecular weight is 463 g/mol. The van der Waals surface area contributed by atoms with Gasteiger partial charge in [-0.2, -0.15) is 0 Å². The number of hydrogen-bond donors (Lipinski definition) is 6. The molecule has 2 unspecified atom stereocenters. The van der Waals surface area contributed by atoms with Gasteiger partial charge in [-0.3, -0.25) is 20.0 Å². The lowest BCUT2D eigenvalue weighted by atomic mass is 10.0. The Morgan fingerprint density at radius 1 is 1.16 bits per heavy atom. The van der Waals surface area contributed by atoms with Crippen molar-refractivity contribution < 1.29 is 14.7 Å². The second-order valence-corrected chi connectivity index (χ2v) is 7.47. The summed E-state index contributed by atoms with van der Waals surface area (Å²) in [5.41, 5.74) is 7.38. The van der Waals surface area contributed by atoms with Gasteiger partial charge in [-0.25, -0.2) is 0 Å². The highest BCUT2D eigenvalue weighted by Crippen LogP contribution is 2.12. The highest BCUT2D eigenvalue weighted by molar-refractivity contribution is 5.96. The number of aromatic nitrogens is 1. The lowest BCUT2D eigenvalue weighted by Gasteiger charge is -2.25. The summed E-state index contributed by atoms with van der Waals surface area (Å²) in [4.78, 5) is 29.6. The zero-order chi connectivity index (χ0) is 22.8. The third-order valence-corrected chi connectivity index (χ3v) is 4.67. The maximum Gasteiger partial charge on any atom is 0.245 e. The first-order chi connectivity index (χ1) is 14.8. The summed E-state index contributed by atoms with van der Waals surface area (Å²) in [6.45, 7) is 3.60. The van der Waals surface area contributed by atoms with E-state index in [1.807, 2.05) is 32.0 Å². The van der Waals surface area contributed by atoms with Crippen LogP contribution in [0.1, 0.15) is 25.1 Å². The van der Waals surface area contributed by atoms with E-state index in [1.165, 1.54) is 0 Å². The molecule has 10 heteroatoms. The SMILES string of the molecule is CC(C)C(NC(=O)C(CO)Nc1cccc(C(=N)N)c1)C(=O)NCCc1ccccn1.Cl. The largest absolute Gasteiger partial charge is 0.394 e. The molecule has 2 atom stereocenters. The van der Waals surface area contributed by atoms with Crippen molar-refractivity contribution >= 4 is 35.7 Å². The predicted octanol–water partition coefficient (Wildman–Crippen LogP) is 1.06. The monoisotopic (exact) mass is 462 g/mol. The van der Waals surface area contributed by atoms with Crippen LogP contribution in [0.3, 0.4) is 0 Å². The summed E-state index contributed by atoms with van der Waals surface area (Å²) in [6, 6.07) is 10.6. The molecule has 9 nitrogen and oxygen atoms in total. The van der Waals surface area contributed by atoms with E-state index in [1.54, 1.807) is 30.5 Å².